The number of aliphatic hydroxyl groups excluding tert-OH is 1. The molecule has 3 aromatic heterocycles. The van der Waals surface area contributed by atoms with Crippen LogP contribution in [0.3, 0.4) is 0 Å². The summed E-state index contributed by atoms with van der Waals surface area (Å²) in [6.07, 6.45) is 17.4. The Morgan fingerprint density at radius 3 is 2.63 bits per heavy atom. The zero-order chi connectivity index (χ0) is 51.9. The van der Waals surface area contributed by atoms with Gasteiger partial charge in [0.25, 0.3) is 0 Å². The molecule has 4 saturated carbocycles. The van der Waals surface area contributed by atoms with Crippen LogP contribution >= 0.6 is 22.7 Å². The van der Waals surface area contributed by atoms with Crippen LogP contribution in [0, 0.1) is 70.0 Å². The zero-order valence-corrected chi connectivity index (χ0v) is 45.6. The van der Waals surface area contributed by atoms with Gasteiger partial charge >= 0.3 is 0 Å². The monoisotopic (exact) mass is 1050 g/mol. The highest BCUT2D eigenvalue weighted by molar-refractivity contribution is 7.23. The van der Waals surface area contributed by atoms with Crippen LogP contribution in [0.15, 0.2) is 72.1 Å². The summed E-state index contributed by atoms with van der Waals surface area (Å²) in [5.74, 6) is 14.9. The van der Waals surface area contributed by atoms with Crippen molar-refractivity contribution in [3.05, 3.63) is 110 Å². The smallest absolute Gasteiger partial charge is 0.189 e. The van der Waals surface area contributed by atoms with E-state index in [1.165, 1.54) is 30.4 Å². The maximum absolute atomic E-state index is 15.9. The fraction of sp³-hybridized carbons (Fsp3) is 0.532. The van der Waals surface area contributed by atoms with Gasteiger partial charge in [-0.3, -0.25) is 4.79 Å². The van der Waals surface area contributed by atoms with E-state index in [2.05, 4.69) is 92.1 Å². The van der Waals surface area contributed by atoms with E-state index < -0.39 is 11.0 Å². The number of guanidine groups is 1. The lowest BCUT2D eigenvalue weighted by Gasteiger charge is -2.47. The molecule has 75 heavy (non-hydrogen) atoms. The van der Waals surface area contributed by atoms with Crippen molar-refractivity contribution in [2.75, 3.05) is 32.1 Å². The summed E-state index contributed by atoms with van der Waals surface area (Å²) in [5.41, 5.74) is 12.0. The summed E-state index contributed by atoms with van der Waals surface area (Å²) < 4.78 is 0. The van der Waals surface area contributed by atoms with Crippen LogP contribution in [-0.2, 0) is 25.7 Å². The number of aliphatic imine (C=N–C) groups is 1. The Morgan fingerprint density at radius 1 is 1.00 bits per heavy atom. The van der Waals surface area contributed by atoms with Crippen LogP contribution in [0.25, 0.3) is 9.75 Å². The highest BCUT2D eigenvalue weighted by Crippen LogP contribution is 2.71. The van der Waals surface area contributed by atoms with Crippen molar-refractivity contribution < 1.29 is 20.1 Å². The van der Waals surface area contributed by atoms with E-state index in [9.17, 15) is 15.3 Å². The third kappa shape index (κ3) is 10.5. The van der Waals surface area contributed by atoms with Gasteiger partial charge in [0, 0.05) is 71.6 Å². The van der Waals surface area contributed by atoms with Crippen molar-refractivity contribution in [3.8, 4) is 39.2 Å². The number of aromatic hydroxyl groups is 1. The van der Waals surface area contributed by atoms with Gasteiger partial charge in [-0.1, -0.05) is 55.2 Å². The summed E-state index contributed by atoms with van der Waals surface area (Å²) >= 11 is 3.28. The van der Waals surface area contributed by atoms with Crippen LogP contribution in [0.4, 0.5) is 5.69 Å². The number of β-amino-alcohol motifs (C(OH)–C–C–N with tert-alkyl or cyclic N) is 1. The average molecular weight is 1050 g/mol. The number of Topliss-reactive ketones (excluding diaryl/α,β-unsaturated/α-hetero) is 1. The van der Waals surface area contributed by atoms with E-state index in [4.69, 9.17) is 10.7 Å². The topological polar surface area (TPSA) is 181 Å². The molecule has 2 spiro atoms. The first-order valence-electron chi connectivity index (χ1n) is 27.8. The highest BCUT2D eigenvalue weighted by atomic mass is 32.1. The van der Waals surface area contributed by atoms with Gasteiger partial charge in [-0.25, -0.2) is 9.98 Å². The molecule has 4 fully saturated rings. The molecule has 11 rings (SSSR count). The number of fused-ring (bicyclic) bond motifs is 7. The van der Waals surface area contributed by atoms with E-state index in [-0.39, 0.29) is 77.7 Å². The minimum atomic E-state index is -1.17. The number of carbonyl (C=O) groups is 1. The number of phenolic OH excluding ortho intramolecular Hbond substituents is 1. The van der Waals surface area contributed by atoms with E-state index in [0.717, 1.165) is 106 Å². The first-order valence-corrected chi connectivity index (χ1v) is 29.4. The SMILES string of the molecule is CC#Cc1ccc(-c2ccc(C(=O)[C@H]3CC[C@H]4C[C@@]35C[C@H]([C@@H]3C#Cc6c(cc(O)cc6NC[C@](C)(O)Cc6cccc(c6Cc6cnc[nH]6)C3)C[C@H]4N=C(N)NC3CCCCC3)[C@@]3(CC[C@H](CNC)[C@@H]3CO)C5)s2)s1. The third-order valence-electron chi connectivity index (χ3n) is 18.8. The lowest BCUT2D eigenvalue weighted by molar-refractivity contribution is 0.0169. The number of ketones is 1. The predicted molar refractivity (Wildman–Crippen MR) is 302 cm³/mol. The Bertz CT molecular complexity index is 3040. The Balaban J connectivity index is 1.11. The van der Waals surface area contributed by atoms with Crippen molar-refractivity contribution in [2.24, 2.45) is 57.1 Å². The third-order valence-corrected chi connectivity index (χ3v) is 21.1. The van der Waals surface area contributed by atoms with Crippen molar-refractivity contribution in [3.63, 3.8) is 0 Å². The number of imidazole rings is 1. The number of phenols is 1. The van der Waals surface area contributed by atoms with Crippen molar-refractivity contribution in [2.45, 2.75) is 134 Å². The number of carbonyl (C=O) groups excluding carboxylic acids is 1. The van der Waals surface area contributed by atoms with Crippen LogP contribution in [0.5, 0.6) is 5.75 Å². The molecule has 0 amide bonds. The minimum Gasteiger partial charge on any atom is -0.508 e. The summed E-state index contributed by atoms with van der Waals surface area (Å²) in [6.45, 7) is 4.86. The number of hydrogen-bond acceptors (Lipinski definition) is 10. The van der Waals surface area contributed by atoms with Gasteiger partial charge in [-0.2, -0.15) is 0 Å². The van der Waals surface area contributed by atoms with Crippen molar-refractivity contribution >= 4 is 40.1 Å². The number of thiophene rings is 2. The molecule has 0 radical (unpaired) electrons. The second kappa shape index (κ2) is 21.5. The van der Waals surface area contributed by atoms with E-state index in [1.54, 1.807) is 35.1 Å². The number of aliphatic hydroxyl groups is 2. The minimum absolute atomic E-state index is 0.00561. The number of hydrogen-bond donors (Lipinski definition) is 8. The predicted octanol–water partition coefficient (Wildman–Crippen LogP) is 9.88. The molecule has 4 heterocycles. The molecule has 7 bridgehead atoms. The molecule has 0 unspecified atom stereocenters. The number of aromatic nitrogens is 2. The Labute approximate surface area is 451 Å². The number of H-pyrrole nitrogens is 1. The normalized spacial score (nSPS) is 30.6. The number of nitrogens with two attached hydrogens (primary N) is 1. The summed E-state index contributed by atoms with van der Waals surface area (Å²) in [6, 6.07) is 18.6. The average Bonchev–Trinajstić information content (AvgIpc) is 4.30. The van der Waals surface area contributed by atoms with Crippen molar-refractivity contribution in [1.82, 2.24) is 20.6 Å². The zero-order valence-electron chi connectivity index (χ0n) is 43.9. The van der Waals surface area contributed by atoms with Gasteiger partial charge in [-0.05, 0) is 185 Å². The maximum atomic E-state index is 15.9. The number of nitrogens with one attached hydrogen (secondary N) is 4. The second-order valence-electron chi connectivity index (χ2n) is 23.6. The van der Waals surface area contributed by atoms with Crippen LogP contribution in [0.2, 0.25) is 0 Å². The van der Waals surface area contributed by atoms with E-state index in [0.29, 0.717) is 37.3 Å². The standard InChI is InChI=1S/C62H75N7O4S2/c1-4-9-47-16-19-55(74-47)56-20-21-57(75-56)58(72)50-18-15-41-30-61(50)31-51(62(35-61)23-22-42(32-64-3)52(62)34-70)39-14-17-48-43(26-53(41)69-59(63)68-44-12-6-5-7-13-44)25-46(71)28-54(48)66-36-60(2,73)29-40-11-8-10-38(24-39)49(40)27-45-33-65-37-67-45/h8,10-11,16,19-21,25,28,33,37,39,41-42,44,50-53,64,66,70-71,73H,5-7,12-13,15,18,22-24,26-27,29-32,34-36H2,1-3H3,(H,65,67)(H3,63,68,69)/t39-,41+,42-,50-,51-,52+,53-,60-,61+,62-/m1/s1. The first-order chi connectivity index (χ1) is 36.4. The molecule has 5 aromatic rings. The fourth-order valence-corrected chi connectivity index (χ4v) is 17.6. The molecule has 6 aliphatic rings. The lowest BCUT2D eigenvalue weighted by Crippen LogP contribution is -2.46. The molecule has 0 saturated heterocycles. The van der Waals surface area contributed by atoms with Gasteiger partial charge in [0.2, 0.25) is 0 Å². The molecule has 5 aliphatic carbocycles. The maximum Gasteiger partial charge on any atom is 0.189 e. The number of benzene rings is 2. The quantitative estimate of drug-likeness (QED) is 0.0292. The van der Waals surface area contributed by atoms with Crippen LogP contribution in [-0.4, -0.2) is 81.5 Å². The second-order valence-corrected chi connectivity index (χ2v) is 25.8. The molecule has 9 N–H and O–H groups in total. The van der Waals surface area contributed by atoms with Crippen LogP contribution < -0.4 is 21.7 Å². The summed E-state index contributed by atoms with van der Waals surface area (Å²) in [4.78, 5) is 33.2. The lowest BCUT2D eigenvalue weighted by atomic mass is 9.57. The molecule has 11 nitrogen and oxygen atoms in total. The molecule has 10 atom stereocenters. The van der Waals surface area contributed by atoms with Gasteiger partial charge < -0.3 is 42.0 Å². The van der Waals surface area contributed by atoms with Gasteiger partial charge in [0.1, 0.15) is 5.75 Å². The number of nitrogens with zero attached hydrogens (tertiary/aromatic N) is 2. The van der Waals surface area contributed by atoms with E-state index >= 15 is 4.79 Å². The Kier molecular flexibility index (Phi) is 14.8. The molecule has 13 heteroatoms. The van der Waals surface area contributed by atoms with Gasteiger partial charge in [0.15, 0.2) is 11.7 Å². The number of rotatable bonds is 10. The molecule has 394 valence electrons. The molecule has 2 aromatic carbocycles. The van der Waals surface area contributed by atoms with Gasteiger partial charge in [0.05, 0.1) is 39.0 Å². The van der Waals surface area contributed by atoms with Crippen LogP contribution in [0.1, 0.15) is 139 Å². The molecular weight excluding hydrogens is 971 g/mol. The first kappa shape index (κ1) is 51.7. The number of anilines is 1. The van der Waals surface area contributed by atoms with Gasteiger partial charge in [-0.15, -0.1) is 28.6 Å². The Morgan fingerprint density at radius 2 is 1.83 bits per heavy atom. The largest absolute Gasteiger partial charge is 0.508 e. The van der Waals surface area contributed by atoms with Crippen molar-refractivity contribution in [1.29, 1.82) is 0 Å². The number of aromatic amines is 1. The molecular formula is C62H75N7O4S2. The molecule has 1 aliphatic heterocycles. The Hall–Kier alpha value is -5.41. The fourth-order valence-electron chi connectivity index (χ4n) is 15.6. The summed E-state index contributed by atoms with van der Waals surface area (Å²) in [7, 11) is 2.02. The highest BCUT2D eigenvalue weighted by Gasteiger charge is 2.66. The van der Waals surface area contributed by atoms with E-state index in [1.807, 2.05) is 33.2 Å². The summed E-state index contributed by atoms with van der Waals surface area (Å²) in [5, 5.41) is 46.7.